The summed E-state index contributed by atoms with van der Waals surface area (Å²) in [6, 6.07) is 5.34. The summed E-state index contributed by atoms with van der Waals surface area (Å²) in [5, 5.41) is 12.1. The standard InChI is InChI=1S/C16H18N4O4/c1-9-11(6-7-21)15(22)20-16(17-9)18-14(19-20)10-4-5-12(23-2)13(8-10)24-3/h4-5,8,21H,6-7H2,1-3H3,(H,17,18,19). The molecule has 2 aromatic heterocycles. The number of hydrogen-bond acceptors (Lipinski definition) is 6. The monoisotopic (exact) mass is 330 g/mol. The minimum atomic E-state index is -0.259. The molecule has 24 heavy (non-hydrogen) atoms. The minimum absolute atomic E-state index is 0.111. The second-order valence-electron chi connectivity index (χ2n) is 5.23. The first-order valence-electron chi connectivity index (χ1n) is 7.40. The van der Waals surface area contributed by atoms with E-state index in [2.05, 4.69) is 15.1 Å². The second kappa shape index (κ2) is 6.32. The highest BCUT2D eigenvalue weighted by atomic mass is 16.5. The van der Waals surface area contributed by atoms with Crippen LogP contribution in [0.15, 0.2) is 23.0 Å². The molecule has 0 spiro atoms. The summed E-state index contributed by atoms with van der Waals surface area (Å²) in [7, 11) is 3.12. The van der Waals surface area contributed by atoms with E-state index in [1.165, 1.54) is 4.52 Å². The SMILES string of the molecule is COc1ccc(-c2nc3nc(C)c(CCO)c(=O)n3[nH]2)cc1OC. The molecule has 8 nitrogen and oxygen atoms in total. The Morgan fingerprint density at radius 3 is 2.62 bits per heavy atom. The molecule has 3 aromatic rings. The van der Waals surface area contributed by atoms with E-state index in [4.69, 9.17) is 14.6 Å². The van der Waals surface area contributed by atoms with E-state index < -0.39 is 0 Å². The molecule has 0 amide bonds. The average Bonchev–Trinajstić information content (AvgIpc) is 3.02. The van der Waals surface area contributed by atoms with Crippen LogP contribution >= 0.6 is 0 Å². The van der Waals surface area contributed by atoms with Gasteiger partial charge in [0.2, 0.25) is 0 Å². The summed E-state index contributed by atoms with van der Waals surface area (Å²) in [5.74, 6) is 1.94. The Balaban J connectivity index is 2.15. The molecule has 0 unspecified atom stereocenters. The van der Waals surface area contributed by atoms with Gasteiger partial charge in [-0.3, -0.25) is 9.89 Å². The van der Waals surface area contributed by atoms with Gasteiger partial charge >= 0.3 is 0 Å². The topological polar surface area (TPSA) is 102 Å². The number of nitrogens with one attached hydrogen (secondary N) is 1. The first-order valence-corrected chi connectivity index (χ1v) is 7.40. The van der Waals surface area contributed by atoms with Crippen molar-refractivity contribution < 1.29 is 14.6 Å². The van der Waals surface area contributed by atoms with E-state index in [1.807, 2.05) is 6.07 Å². The number of nitrogens with zero attached hydrogens (tertiary/aromatic N) is 3. The molecule has 2 N–H and O–H groups in total. The van der Waals surface area contributed by atoms with Gasteiger partial charge in [-0.15, -0.1) is 0 Å². The van der Waals surface area contributed by atoms with Crippen LogP contribution in [-0.4, -0.2) is 45.5 Å². The zero-order valence-corrected chi connectivity index (χ0v) is 13.7. The first-order chi connectivity index (χ1) is 11.6. The molecule has 3 rings (SSSR count). The number of hydrogen-bond donors (Lipinski definition) is 2. The third-order valence-corrected chi connectivity index (χ3v) is 3.81. The van der Waals surface area contributed by atoms with Crippen LogP contribution in [0.4, 0.5) is 0 Å². The van der Waals surface area contributed by atoms with Crippen molar-refractivity contribution in [3.63, 3.8) is 0 Å². The van der Waals surface area contributed by atoms with E-state index in [0.717, 1.165) is 5.56 Å². The summed E-state index contributed by atoms with van der Waals surface area (Å²) in [5.41, 5.74) is 1.52. The van der Waals surface area contributed by atoms with Crippen molar-refractivity contribution in [2.24, 2.45) is 0 Å². The van der Waals surface area contributed by atoms with Crippen molar-refractivity contribution in [3.8, 4) is 22.9 Å². The Labute approximate surface area is 137 Å². The molecule has 8 heteroatoms. The number of aliphatic hydroxyl groups is 1. The van der Waals surface area contributed by atoms with Crippen molar-refractivity contribution >= 4 is 5.78 Å². The number of aromatic nitrogens is 4. The molecule has 2 heterocycles. The highest BCUT2D eigenvalue weighted by Crippen LogP contribution is 2.31. The fourth-order valence-electron chi connectivity index (χ4n) is 2.57. The van der Waals surface area contributed by atoms with Crippen molar-refractivity contribution in [1.82, 2.24) is 19.6 Å². The molecular formula is C16H18N4O4. The van der Waals surface area contributed by atoms with E-state index in [0.29, 0.717) is 28.6 Å². The van der Waals surface area contributed by atoms with E-state index in [-0.39, 0.29) is 24.4 Å². The highest BCUT2D eigenvalue weighted by Gasteiger charge is 2.15. The number of aryl methyl sites for hydroxylation is 1. The molecular weight excluding hydrogens is 312 g/mol. The fourth-order valence-corrected chi connectivity index (χ4v) is 2.57. The number of methoxy groups -OCH3 is 2. The maximum atomic E-state index is 12.5. The van der Waals surface area contributed by atoms with E-state index in [1.54, 1.807) is 33.3 Å². The van der Waals surface area contributed by atoms with Gasteiger partial charge in [0, 0.05) is 24.2 Å². The highest BCUT2D eigenvalue weighted by molar-refractivity contribution is 5.62. The number of ether oxygens (including phenoxy) is 2. The summed E-state index contributed by atoms with van der Waals surface area (Å²) in [6.45, 7) is 1.62. The molecule has 0 aliphatic rings. The molecule has 126 valence electrons. The Morgan fingerprint density at radius 2 is 1.96 bits per heavy atom. The Morgan fingerprint density at radius 1 is 1.21 bits per heavy atom. The van der Waals surface area contributed by atoms with E-state index >= 15 is 0 Å². The maximum absolute atomic E-state index is 12.5. The lowest BCUT2D eigenvalue weighted by atomic mass is 10.2. The van der Waals surface area contributed by atoms with Crippen molar-refractivity contribution in [3.05, 3.63) is 39.8 Å². The van der Waals surface area contributed by atoms with Gasteiger partial charge in [-0.25, -0.2) is 4.98 Å². The van der Waals surface area contributed by atoms with Gasteiger partial charge in [0.05, 0.1) is 19.9 Å². The van der Waals surface area contributed by atoms with Crippen LogP contribution in [0.2, 0.25) is 0 Å². The number of rotatable bonds is 5. The number of fused-ring (bicyclic) bond motifs is 1. The second-order valence-corrected chi connectivity index (χ2v) is 5.23. The van der Waals surface area contributed by atoms with Crippen molar-refractivity contribution in [2.45, 2.75) is 13.3 Å². The van der Waals surface area contributed by atoms with Gasteiger partial charge in [0.1, 0.15) is 0 Å². The summed E-state index contributed by atoms with van der Waals surface area (Å²) in [4.78, 5) is 21.2. The Kier molecular flexibility index (Phi) is 4.22. The molecule has 0 aliphatic heterocycles. The quantitative estimate of drug-likeness (QED) is 0.722. The minimum Gasteiger partial charge on any atom is -0.493 e. The molecule has 0 saturated carbocycles. The van der Waals surface area contributed by atoms with Gasteiger partial charge in [-0.2, -0.15) is 9.50 Å². The largest absolute Gasteiger partial charge is 0.493 e. The van der Waals surface area contributed by atoms with Gasteiger partial charge in [0.25, 0.3) is 11.3 Å². The van der Waals surface area contributed by atoms with Gasteiger partial charge in [0.15, 0.2) is 17.3 Å². The number of aliphatic hydroxyl groups excluding tert-OH is 1. The molecule has 0 atom stereocenters. The summed E-state index contributed by atoms with van der Waals surface area (Å²) >= 11 is 0. The van der Waals surface area contributed by atoms with Crippen LogP contribution in [0.25, 0.3) is 17.2 Å². The lowest BCUT2D eigenvalue weighted by Crippen LogP contribution is -2.22. The van der Waals surface area contributed by atoms with Crippen LogP contribution in [0.3, 0.4) is 0 Å². The third-order valence-electron chi connectivity index (χ3n) is 3.81. The zero-order valence-electron chi connectivity index (χ0n) is 13.7. The van der Waals surface area contributed by atoms with Gasteiger partial charge in [-0.1, -0.05) is 0 Å². The van der Waals surface area contributed by atoms with Crippen LogP contribution in [0.1, 0.15) is 11.3 Å². The van der Waals surface area contributed by atoms with Crippen LogP contribution in [-0.2, 0) is 6.42 Å². The van der Waals surface area contributed by atoms with Crippen LogP contribution in [0, 0.1) is 6.92 Å². The zero-order chi connectivity index (χ0) is 17.3. The number of H-pyrrole nitrogens is 1. The number of aromatic amines is 1. The van der Waals surface area contributed by atoms with E-state index in [9.17, 15) is 4.79 Å². The predicted octanol–water partition coefficient (Wildman–Crippen LogP) is 0.945. The molecule has 0 radical (unpaired) electrons. The number of benzene rings is 1. The first kappa shape index (κ1) is 16.0. The lowest BCUT2D eigenvalue weighted by molar-refractivity contribution is 0.298. The third kappa shape index (κ3) is 2.61. The fraction of sp³-hybridized carbons (Fsp3) is 0.312. The normalized spacial score (nSPS) is 11.0. The molecule has 1 aromatic carbocycles. The predicted molar refractivity (Wildman–Crippen MR) is 87.7 cm³/mol. The summed E-state index contributed by atoms with van der Waals surface area (Å²) < 4.78 is 11.8. The van der Waals surface area contributed by atoms with Crippen molar-refractivity contribution in [2.75, 3.05) is 20.8 Å². The molecule has 0 aliphatic carbocycles. The smallest absolute Gasteiger partial charge is 0.277 e. The van der Waals surface area contributed by atoms with Gasteiger partial charge < -0.3 is 14.6 Å². The Bertz CT molecular complexity index is 945. The molecule has 0 bridgehead atoms. The Hall–Kier alpha value is -2.87. The maximum Gasteiger partial charge on any atom is 0.277 e. The van der Waals surface area contributed by atoms with Crippen molar-refractivity contribution in [1.29, 1.82) is 0 Å². The summed E-state index contributed by atoms with van der Waals surface area (Å²) in [6.07, 6.45) is 0.255. The lowest BCUT2D eigenvalue weighted by Gasteiger charge is -2.07. The molecule has 0 saturated heterocycles. The average molecular weight is 330 g/mol. The van der Waals surface area contributed by atoms with Crippen LogP contribution in [0.5, 0.6) is 11.5 Å². The van der Waals surface area contributed by atoms with Gasteiger partial charge in [-0.05, 0) is 25.1 Å². The molecule has 0 fully saturated rings. The van der Waals surface area contributed by atoms with Crippen LogP contribution < -0.4 is 15.0 Å².